The molecule has 0 aliphatic heterocycles. The quantitative estimate of drug-likeness (QED) is 0.730. The third-order valence-electron chi connectivity index (χ3n) is 3.76. The standard InChI is InChI=1S/C19H18Cl2FNO3/c1-11(15-8-7-14(20)10-16(15)21)23-19(25)12(2)26-18(24)9-13-5-3-4-6-17(13)22/h3-8,10-12H,9H2,1-2H3,(H,23,25)/t11-,12+/m1/s1. The van der Waals surface area contributed by atoms with Crippen LogP contribution in [0.1, 0.15) is 31.0 Å². The van der Waals surface area contributed by atoms with Crippen molar-refractivity contribution in [2.75, 3.05) is 0 Å². The van der Waals surface area contributed by atoms with Gasteiger partial charge < -0.3 is 10.1 Å². The Hall–Kier alpha value is -2.11. The van der Waals surface area contributed by atoms with Crippen LogP contribution in [0.4, 0.5) is 4.39 Å². The van der Waals surface area contributed by atoms with Crippen LogP contribution in [-0.4, -0.2) is 18.0 Å². The highest BCUT2D eigenvalue weighted by atomic mass is 35.5. The number of rotatable bonds is 6. The molecular weight excluding hydrogens is 380 g/mol. The zero-order chi connectivity index (χ0) is 19.3. The molecule has 0 spiro atoms. The topological polar surface area (TPSA) is 55.4 Å². The van der Waals surface area contributed by atoms with Gasteiger partial charge in [0.1, 0.15) is 5.82 Å². The lowest BCUT2D eigenvalue weighted by Gasteiger charge is -2.19. The van der Waals surface area contributed by atoms with E-state index >= 15 is 0 Å². The van der Waals surface area contributed by atoms with Crippen LogP contribution in [-0.2, 0) is 20.7 Å². The average Bonchev–Trinajstić information content (AvgIpc) is 2.56. The number of carbonyl (C=O) groups is 2. The molecule has 1 amide bonds. The van der Waals surface area contributed by atoms with Gasteiger partial charge in [-0.05, 0) is 43.2 Å². The Morgan fingerprint density at radius 3 is 2.50 bits per heavy atom. The van der Waals surface area contributed by atoms with Crippen molar-refractivity contribution >= 4 is 35.1 Å². The van der Waals surface area contributed by atoms with Crippen LogP contribution in [0.2, 0.25) is 10.0 Å². The van der Waals surface area contributed by atoms with Gasteiger partial charge in [0, 0.05) is 10.0 Å². The predicted molar refractivity (Wildman–Crippen MR) is 98.7 cm³/mol. The molecule has 2 atom stereocenters. The highest BCUT2D eigenvalue weighted by molar-refractivity contribution is 6.35. The summed E-state index contributed by atoms with van der Waals surface area (Å²) in [5.41, 5.74) is 0.903. The molecule has 0 fully saturated rings. The van der Waals surface area contributed by atoms with Crippen molar-refractivity contribution in [1.82, 2.24) is 5.32 Å². The Morgan fingerprint density at radius 2 is 1.85 bits per heavy atom. The summed E-state index contributed by atoms with van der Waals surface area (Å²) in [7, 11) is 0. The van der Waals surface area contributed by atoms with Gasteiger partial charge in [-0.15, -0.1) is 0 Å². The highest BCUT2D eigenvalue weighted by Crippen LogP contribution is 2.26. The molecule has 138 valence electrons. The van der Waals surface area contributed by atoms with Gasteiger partial charge >= 0.3 is 5.97 Å². The van der Waals surface area contributed by atoms with E-state index in [0.717, 1.165) is 0 Å². The van der Waals surface area contributed by atoms with Gasteiger partial charge in [0.2, 0.25) is 0 Å². The third-order valence-corrected chi connectivity index (χ3v) is 4.32. The summed E-state index contributed by atoms with van der Waals surface area (Å²) >= 11 is 12.0. The number of esters is 1. The molecule has 4 nitrogen and oxygen atoms in total. The Balaban J connectivity index is 1.92. The van der Waals surface area contributed by atoms with E-state index in [1.807, 2.05) is 0 Å². The third kappa shape index (κ3) is 5.44. The summed E-state index contributed by atoms with van der Waals surface area (Å²) in [5, 5.41) is 3.64. The summed E-state index contributed by atoms with van der Waals surface area (Å²) < 4.78 is 18.6. The first-order valence-corrected chi connectivity index (χ1v) is 8.71. The maximum absolute atomic E-state index is 13.6. The maximum Gasteiger partial charge on any atom is 0.311 e. The number of hydrogen-bond donors (Lipinski definition) is 1. The van der Waals surface area contributed by atoms with E-state index in [0.29, 0.717) is 15.6 Å². The second kappa shape index (κ2) is 9.01. The molecule has 2 rings (SSSR count). The zero-order valence-electron chi connectivity index (χ0n) is 14.3. The number of hydrogen-bond acceptors (Lipinski definition) is 3. The fourth-order valence-corrected chi connectivity index (χ4v) is 2.92. The number of amides is 1. The largest absolute Gasteiger partial charge is 0.452 e. The van der Waals surface area contributed by atoms with E-state index in [1.54, 1.807) is 31.2 Å². The van der Waals surface area contributed by atoms with Crippen LogP contribution in [0.5, 0.6) is 0 Å². The van der Waals surface area contributed by atoms with E-state index in [-0.39, 0.29) is 12.0 Å². The second-order valence-corrected chi connectivity index (χ2v) is 6.64. The van der Waals surface area contributed by atoms with Gasteiger partial charge in [-0.25, -0.2) is 4.39 Å². The van der Waals surface area contributed by atoms with Gasteiger partial charge in [0.05, 0.1) is 12.5 Å². The first-order chi connectivity index (χ1) is 12.3. The predicted octanol–water partition coefficient (Wildman–Crippen LogP) is 4.48. The van der Waals surface area contributed by atoms with E-state index < -0.39 is 29.8 Å². The van der Waals surface area contributed by atoms with Crippen LogP contribution >= 0.6 is 23.2 Å². The molecule has 0 saturated heterocycles. The first-order valence-electron chi connectivity index (χ1n) is 7.96. The molecule has 0 aromatic heterocycles. The van der Waals surface area contributed by atoms with Crippen molar-refractivity contribution in [2.24, 2.45) is 0 Å². The van der Waals surface area contributed by atoms with Gasteiger partial charge in [-0.2, -0.15) is 0 Å². The Morgan fingerprint density at radius 1 is 1.15 bits per heavy atom. The molecule has 0 aliphatic rings. The molecule has 0 bridgehead atoms. The summed E-state index contributed by atoms with van der Waals surface area (Å²) in [5.74, 6) is -1.66. The van der Waals surface area contributed by atoms with Crippen molar-refractivity contribution in [3.8, 4) is 0 Å². The normalized spacial score (nSPS) is 13.0. The Labute approximate surface area is 161 Å². The van der Waals surface area contributed by atoms with E-state index in [9.17, 15) is 14.0 Å². The van der Waals surface area contributed by atoms with E-state index in [2.05, 4.69) is 5.32 Å². The number of ether oxygens (including phenoxy) is 1. The maximum atomic E-state index is 13.6. The highest BCUT2D eigenvalue weighted by Gasteiger charge is 2.21. The van der Waals surface area contributed by atoms with Gasteiger partial charge in [0.25, 0.3) is 5.91 Å². The SMILES string of the molecule is C[C@H](OC(=O)Cc1ccccc1F)C(=O)N[C@H](C)c1ccc(Cl)cc1Cl. The Bertz CT molecular complexity index is 813. The summed E-state index contributed by atoms with van der Waals surface area (Å²) in [6, 6.07) is 10.5. The van der Waals surface area contributed by atoms with Crippen LogP contribution in [0.15, 0.2) is 42.5 Å². The van der Waals surface area contributed by atoms with Crippen molar-refractivity contribution in [1.29, 1.82) is 0 Å². The van der Waals surface area contributed by atoms with Crippen molar-refractivity contribution in [3.05, 3.63) is 69.5 Å². The molecule has 2 aromatic carbocycles. The van der Waals surface area contributed by atoms with Crippen molar-refractivity contribution < 1.29 is 18.7 Å². The number of halogens is 3. The summed E-state index contributed by atoms with van der Waals surface area (Å²) in [6.07, 6.45) is -1.27. The van der Waals surface area contributed by atoms with Crippen molar-refractivity contribution in [2.45, 2.75) is 32.4 Å². The molecular formula is C19H18Cl2FNO3. The molecule has 26 heavy (non-hydrogen) atoms. The monoisotopic (exact) mass is 397 g/mol. The molecule has 2 aromatic rings. The van der Waals surface area contributed by atoms with Gasteiger partial charge in [-0.1, -0.05) is 47.5 Å². The van der Waals surface area contributed by atoms with Gasteiger partial charge in [0.15, 0.2) is 6.10 Å². The lowest BCUT2D eigenvalue weighted by atomic mass is 10.1. The van der Waals surface area contributed by atoms with Gasteiger partial charge in [-0.3, -0.25) is 9.59 Å². The molecule has 7 heteroatoms. The number of carbonyl (C=O) groups excluding carboxylic acids is 2. The van der Waals surface area contributed by atoms with E-state index in [4.69, 9.17) is 27.9 Å². The smallest absolute Gasteiger partial charge is 0.311 e. The first kappa shape index (κ1) is 20.2. The molecule has 0 aliphatic carbocycles. The summed E-state index contributed by atoms with van der Waals surface area (Å²) in [6.45, 7) is 3.20. The number of benzene rings is 2. The molecule has 0 heterocycles. The molecule has 1 N–H and O–H groups in total. The molecule has 0 saturated carbocycles. The van der Waals surface area contributed by atoms with Crippen LogP contribution in [0.3, 0.4) is 0 Å². The minimum atomic E-state index is -1.03. The fraction of sp³-hybridized carbons (Fsp3) is 0.263. The average molecular weight is 398 g/mol. The van der Waals surface area contributed by atoms with Crippen LogP contribution < -0.4 is 5.32 Å². The lowest BCUT2D eigenvalue weighted by molar-refractivity contribution is -0.154. The minimum Gasteiger partial charge on any atom is -0.452 e. The lowest BCUT2D eigenvalue weighted by Crippen LogP contribution is -2.37. The van der Waals surface area contributed by atoms with Crippen molar-refractivity contribution in [3.63, 3.8) is 0 Å². The van der Waals surface area contributed by atoms with Crippen LogP contribution in [0, 0.1) is 5.82 Å². The molecule has 0 radical (unpaired) electrons. The Kier molecular flexibility index (Phi) is 7.00. The molecule has 0 unspecified atom stereocenters. The number of nitrogens with one attached hydrogen (secondary N) is 1. The zero-order valence-corrected chi connectivity index (χ0v) is 15.8. The van der Waals surface area contributed by atoms with Crippen LogP contribution in [0.25, 0.3) is 0 Å². The fourth-order valence-electron chi connectivity index (χ4n) is 2.35. The van der Waals surface area contributed by atoms with E-state index in [1.165, 1.54) is 25.1 Å². The minimum absolute atomic E-state index is 0.214. The summed E-state index contributed by atoms with van der Waals surface area (Å²) in [4.78, 5) is 24.2. The second-order valence-electron chi connectivity index (χ2n) is 5.80.